The smallest absolute Gasteiger partial charge is 0.270 e. The molecule has 2 aromatic carbocycles. The van der Waals surface area contributed by atoms with Gasteiger partial charge in [0, 0.05) is 54.3 Å². The molecule has 0 radical (unpaired) electrons. The average molecular weight is 905 g/mol. The van der Waals surface area contributed by atoms with Gasteiger partial charge in [-0.1, -0.05) is 61.4 Å². The van der Waals surface area contributed by atoms with Crippen LogP contribution >= 0.6 is 45.3 Å². The molecule has 0 bridgehead atoms. The normalized spacial score (nSPS) is 21.1. The van der Waals surface area contributed by atoms with Crippen molar-refractivity contribution >= 4 is 89.6 Å². The van der Waals surface area contributed by atoms with Gasteiger partial charge >= 0.3 is 0 Å². The van der Waals surface area contributed by atoms with Crippen LogP contribution in [-0.4, -0.2) is 11.6 Å². The lowest BCUT2D eigenvalue weighted by Gasteiger charge is -2.41. The molecule has 4 aliphatic carbocycles. The van der Waals surface area contributed by atoms with E-state index >= 15 is 0 Å². The summed E-state index contributed by atoms with van der Waals surface area (Å²) in [5.74, 6) is 1.23. The highest BCUT2D eigenvalue weighted by atomic mass is 32.1. The van der Waals surface area contributed by atoms with Gasteiger partial charge in [0.15, 0.2) is 11.6 Å². The second-order valence-electron chi connectivity index (χ2n) is 17.0. The van der Waals surface area contributed by atoms with Crippen molar-refractivity contribution in [1.82, 2.24) is 0 Å². The van der Waals surface area contributed by atoms with E-state index in [1.807, 2.05) is 71.2 Å². The Morgan fingerprint density at radius 3 is 1.34 bits per heavy atom. The van der Waals surface area contributed by atoms with Crippen LogP contribution in [-0.2, 0) is 11.2 Å². The number of benzene rings is 2. The van der Waals surface area contributed by atoms with Crippen LogP contribution in [0.15, 0.2) is 83.2 Å². The van der Waals surface area contributed by atoms with Gasteiger partial charge in [-0.2, -0.15) is 0 Å². The third kappa shape index (κ3) is 5.44. The van der Waals surface area contributed by atoms with Gasteiger partial charge in [-0.3, -0.25) is 9.59 Å². The maximum Gasteiger partial charge on any atom is 0.270 e. The maximum absolute atomic E-state index is 13.9. The number of rotatable bonds is 2. The number of nitriles is 2. The number of hydrogen-bond donors (Lipinski definition) is 0. The Labute approximate surface area is 384 Å². The molecule has 0 unspecified atom stereocenters. The number of Topliss-reactive ketones (excluding diaryl/α,β-unsaturated/α-hetero) is 2. The molecule has 64 heavy (non-hydrogen) atoms. The summed E-state index contributed by atoms with van der Waals surface area (Å²) >= 11 is 6.84. The molecule has 8 nitrogen and oxygen atoms in total. The fourth-order valence-corrected chi connectivity index (χ4v) is 16.5. The first-order chi connectivity index (χ1) is 31.3. The third-order valence-corrected chi connectivity index (χ3v) is 18.6. The summed E-state index contributed by atoms with van der Waals surface area (Å²) in [6, 6.07) is 22.5. The van der Waals surface area contributed by atoms with Gasteiger partial charge in [0.05, 0.1) is 54.2 Å². The summed E-state index contributed by atoms with van der Waals surface area (Å²) < 4.78 is 17.1. The van der Waals surface area contributed by atoms with Crippen LogP contribution in [0.5, 0.6) is 11.5 Å². The number of ketones is 2. The number of ether oxygens (including phenoxy) is 2. The van der Waals surface area contributed by atoms with Crippen LogP contribution in [0.3, 0.4) is 0 Å². The second kappa shape index (κ2) is 14.4. The fourth-order valence-electron chi connectivity index (χ4n) is 10.9. The van der Waals surface area contributed by atoms with E-state index in [-0.39, 0.29) is 23.0 Å². The molecule has 308 valence electrons. The minimum absolute atomic E-state index is 0.0993. The molecule has 0 N–H and O–H groups in total. The Morgan fingerprint density at radius 1 is 0.578 bits per heavy atom. The van der Waals surface area contributed by atoms with E-state index in [0.717, 1.165) is 95.2 Å². The SMILES string of the molecule is [C-]#[N+]/C(C#N)=C1\C(=C\c2cc3c(s2)-c2sc4c5c(sc4c2C2(CCCCC2)O3)-c2sc(/C=C3\C(=O)c4ccccc4\C3=C(\C#N)[N+]#[C-])cc2OC52CCCCC2)C(=O)c2ccccc21. The van der Waals surface area contributed by atoms with Crippen molar-refractivity contribution in [1.29, 1.82) is 10.5 Å². The van der Waals surface area contributed by atoms with Crippen LogP contribution in [0, 0.1) is 35.8 Å². The van der Waals surface area contributed by atoms with Gasteiger partial charge < -0.3 is 9.47 Å². The van der Waals surface area contributed by atoms with Gasteiger partial charge in [-0.05, 0) is 86.8 Å². The Balaban J connectivity index is 1.03. The molecule has 2 fully saturated rings. The Morgan fingerprint density at radius 2 is 0.969 bits per heavy atom. The van der Waals surface area contributed by atoms with Gasteiger partial charge in [-0.25, -0.2) is 20.2 Å². The van der Waals surface area contributed by atoms with Crippen molar-refractivity contribution in [2.45, 2.75) is 75.4 Å². The van der Waals surface area contributed by atoms with E-state index in [2.05, 4.69) is 9.69 Å². The van der Waals surface area contributed by atoms with Gasteiger partial charge in [0.2, 0.25) is 0 Å². The highest BCUT2D eigenvalue weighted by molar-refractivity contribution is 7.34. The summed E-state index contributed by atoms with van der Waals surface area (Å²) in [6.45, 7) is 15.5. The number of allylic oxidation sites excluding steroid dienone is 6. The number of thiophene rings is 4. The molecule has 2 saturated carbocycles. The van der Waals surface area contributed by atoms with Crippen LogP contribution in [0.1, 0.15) is 117 Å². The molecule has 12 heteroatoms. The molecule has 6 heterocycles. The quantitative estimate of drug-likeness (QED) is 0.0972. The molecular formula is C52H32N4O4S4. The topological polar surface area (TPSA) is 109 Å². The lowest BCUT2D eigenvalue weighted by molar-refractivity contribution is 0.0257. The number of nitrogens with zero attached hydrogens (tertiary/aromatic N) is 4. The summed E-state index contributed by atoms with van der Waals surface area (Å²) in [5.41, 5.74) is 4.96. The molecule has 6 aliphatic rings. The molecular weight excluding hydrogens is 873 g/mol. The first kappa shape index (κ1) is 39.0. The average Bonchev–Trinajstić information content (AvgIpc) is 4.17. The Bertz CT molecular complexity index is 3190. The van der Waals surface area contributed by atoms with Gasteiger partial charge in [0.1, 0.15) is 22.7 Å². The van der Waals surface area contributed by atoms with Crippen molar-refractivity contribution < 1.29 is 19.1 Å². The molecule has 0 saturated heterocycles. The number of carbonyl (C=O) groups excluding carboxylic acids is 2. The lowest BCUT2D eigenvalue weighted by Crippen LogP contribution is -2.37. The molecule has 6 aromatic rings. The highest BCUT2D eigenvalue weighted by Gasteiger charge is 2.51. The van der Waals surface area contributed by atoms with E-state index in [1.54, 1.807) is 59.1 Å². The maximum atomic E-state index is 13.9. The largest absolute Gasteiger partial charge is 0.481 e. The minimum atomic E-state index is -0.517. The van der Waals surface area contributed by atoms with Crippen LogP contribution in [0.4, 0.5) is 0 Å². The molecule has 0 amide bonds. The summed E-state index contributed by atoms with van der Waals surface area (Å²) in [4.78, 5) is 41.0. The predicted molar refractivity (Wildman–Crippen MR) is 253 cm³/mol. The summed E-state index contributed by atoms with van der Waals surface area (Å²) in [5, 5.41) is 19.9. The van der Waals surface area contributed by atoms with Crippen LogP contribution in [0.2, 0.25) is 0 Å². The Hall–Kier alpha value is -6.64. The van der Waals surface area contributed by atoms with Crippen molar-refractivity contribution in [3.05, 3.63) is 149 Å². The molecule has 2 spiro atoms. The predicted octanol–water partition coefficient (Wildman–Crippen LogP) is 14.4. The Kier molecular flexibility index (Phi) is 8.80. The van der Waals surface area contributed by atoms with Crippen LogP contribution < -0.4 is 9.47 Å². The first-order valence-electron chi connectivity index (χ1n) is 21.3. The standard InChI is InChI=1S/C52H32N4O4S4/c1-55-35(25-53)39-29-13-5-7-15-31(29)43(57)33(39)21-27-23-37-45(61-27)47-41(51(59-37)17-9-3-10-18-51)49-50(63-47)42-48(64-49)46-38(60-52(42)19-11-4-12-20-52)24-28(62-46)22-34-40(36(26-54)56-2)30-14-6-8-16-32(30)44(34)58/h5-8,13-16,21-24H,3-4,9-12,17-20H2/b33-21-,34-22-,39-35-,40-36+. The summed E-state index contributed by atoms with van der Waals surface area (Å²) in [7, 11) is 0. The molecule has 0 atom stereocenters. The molecule has 2 aliphatic heterocycles. The van der Waals surface area contributed by atoms with E-state index in [1.165, 1.54) is 30.3 Å². The molecule has 12 rings (SSSR count). The van der Waals surface area contributed by atoms with E-state index < -0.39 is 11.2 Å². The lowest BCUT2D eigenvalue weighted by atomic mass is 9.76. The number of fused-ring (bicyclic) bond motifs is 13. The van der Waals surface area contributed by atoms with Gasteiger partial charge in [-0.15, -0.1) is 45.3 Å². The van der Waals surface area contributed by atoms with Crippen molar-refractivity contribution in [2.75, 3.05) is 0 Å². The second-order valence-corrected chi connectivity index (χ2v) is 21.2. The third-order valence-electron chi connectivity index (χ3n) is 13.6. The van der Waals surface area contributed by atoms with Gasteiger partial charge in [0.25, 0.3) is 11.4 Å². The van der Waals surface area contributed by atoms with E-state index in [0.29, 0.717) is 44.5 Å². The zero-order chi connectivity index (χ0) is 43.5. The monoisotopic (exact) mass is 904 g/mol. The van der Waals surface area contributed by atoms with Crippen molar-refractivity contribution in [3.63, 3.8) is 0 Å². The number of carbonyl (C=O) groups is 2. The van der Waals surface area contributed by atoms with Crippen LogP contribution in [0.25, 0.3) is 61.9 Å². The number of hydrogen-bond acceptors (Lipinski definition) is 10. The zero-order valence-corrected chi connectivity index (χ0v) is 37.3. The van der Waals surface area contributed by atoms with Crippen molar-refractivity contribution in [3.8, 4) is 43.1 Å². The van der Waals surface area contributed by atoms with E-state index in [4.69, 9.17) is 22.6 Å². The minimum Gasteiger partial charge on any atom is -0.481 e. The van der Waals surface area contributed by atoms with E-state index in [9.17, 15) is 20.1 Å². The van der Waals surface area contributed by atoms with Crippen molar-refractivity contribution in [2.24, 2.45) is 0 Å². The fraction of sp³-hybridized carbons (Fsp3) is 0.231. The first-order valence-corrected chi connectivity index (χ1v) is 24.6. The molecule has 4 aromatic heterocycles. The summed E-state index contributed by atoms with van der Waals surface area (Å²) in [6.07, 6.45) is 13.7. The highest BCUT2D eigenvalue weighted by Crippen LogP contribution is 2.66. The zero-order valence-electron chi connectivity index (χ0n) is 34.1.